The Kier molecular flexibility index (Phi) is 7.80. The highest BCUT2D eigenvalue weighted by atomic mass is 35.5. The molecule has 3 heterocycles. The lowest BCUT2D eigenvalue weighted by Gasteiger charge is -2.31. The van der Waals surface area contributed by atoms with Crippen LogP contribution in [0.4, 0.5) is 24.5 Å². The number of amides is 3. The van der Waals surface area contributed by atoms with Crippen LogP contribution in [0.1, 0.15) is 27.5 Å². The minimum absolute atomic E-state index is 0.189. The number of imide groups is 1. The van der Waals surface area contributed by atoms with Crippen molar-refractivity contribution in [3.63, 3.8) is 0 Å². The average molecular weight is 660 g/mol. The van der Waals surface area contributed by atoms with Gasteiger partial charge >= 0.3 is 11.0 Å². The quantitative estimate of drug-likeness (QED) is 0.238. The molecule has 3 amide bonds. The Morgan fingerprint density at radius 2 is 1.82 bits per heavy atom. The third-order valence-electron chi connectivity index (χ3n) is 7.22. The number of nitrogens with one attached hydrogen (secondary N) is 2. The van der Waals surface area contributed by atoms with Gasteiger partial charge in [0, 0.05) is 27.1 Å². The van der Waals surface area contributed by atoms with E-state index in [1.54, 1.807) is 18.2 Å². The highest BCUT2D eigenvalue weighted by Gasteiger charge is 2.57. The number of hydrogen-bond donors (Lipinski definition) is 2. The number of nitrogens with zero attached hydrogens (tertiary/aromatic N) is 1. The topological polar surface area (TPSA) is 109 Å². The van der Waals surface area contributed by atoms with Crippen molar-refractivity contribution in [3.8, 4) is 5.75 Å². The maximum Gasteiger partial charge on any atom is 0.416 e. The summed E-state index contributed by atoms with van der Waals surface area (Å²) in [5.74, 6) is -3.75. The molecule has 3 aromatic carbocycles. The Morgan fingerprint density at radius 3 is 2.57 bits per heavy atom. The lowest BCUT2D eigenvalue weighted by atomic mass is 9.82. The summed E-state index contributed by atoms with van der Waals surface area (Å²) in [6.45, 7) is 1.48. The SMILES string of the molecule is Cc1cccc(NC(=O)COc2ccc(Cl)cc2[C@H]2c3sc(=O)[nH]c3SC3C(=O)N(c4cccc(C(F)(F)F)c4)C(=O)C32)c1. The first-order valence-electron chi connectivity index (χ1n) is 13.1. The molecule has 14 heteroatoms. The van der Waals surface area contributed by atoms with Crippen molar-refractivity contribution in [1.29, 1.82) is 0 Å². The second-order valence-corrected chi connectivity index (χ2v) is 12.8. The Labute approximate surface area is 261 Å². The van der Waals surface area contributed by atoms with E-state index in [1.165, 1.54) is 24.3 Å². The summed E-state index contributed by atoms with van der Waals surface area (Å²) in [6, 6.07) is 15.8. The molecule has 2 aliphatic rings. The standard InChI is InChI=1S/C30H21ClF3N3O5S2/c1-14-4-2-6-17(10-14)35-21(38)13-42-20-9-8-16(31)12-19(20)22-23-25(43-26-24(22)44-29(41)36-26)28(40)37(27(23)39)18-7-3-5-15(11-18)30(32,33)34/h2-12,22-23,25H,13H2,1H3,(H,35,38)(H,36,41)/t22-,23?,25?/m1/s1. The fraction of sp³-hybridized carbons (Fsp3) is 0.200. The summed E-state index contributed by atoms with van der Waals surface area (Å²) >= 11 is 8.20. The Morgan fingerprint density at radius 1 is 1.05 bits per heavy atom. The molecule has 2 unspecified atom stereocenters. The third kappa shape index (κ3) is 5.62. The largest absolute Gasteiger partial charge is 0.483 e. The van der Waals surface area contributed by atoms with Crippen molar-refractivity contribution in [2.24, 2.45) is 5.92 Å². The zero-order chi connectivity index (χ0) is 31.3. The number of aromatic nitrogens is 1. The highest BCUT2D eigenvalue weighted by Crippen LogP contribution is 2.55. The number of halogens is 4. The average Bonchev–Trinajstić information content (AvgIpc) is 3.46. The Hall–Kier alpha value is -4.07. The highest BCUT2D eigenvalue weighted by molar-refractivity contribution is 8.00. The first kappa shape index (κ1) is 30.0. The molecule has 0 bridgehead atoms. The summed E-state index contributed by atoms with van der Waals surface area (Å²) in [5.41, 5.74) is 0.654. The molecule has 2 aliphatic heterocycles. The van der Waals surface area contributed by atoms with Gasteiger partial charge in [0.25, 0.3) is 5.91 Å². The Balaban J connectivity index is 1.37. The van der Waals surface area contributed by atoms with Crippen LogP contribution in [0.5, 0.6) is 5.75 Å². The van der Waals surface area contributed by atoms with Crippen molar-refractivity contribution in [2.75, 3.05) is 16.8 Å². The summed E-state index contributed by atoms with van der Waals surface area (Å²) in [5, 5.41) is 2.32. The van der Waals surface area contributed by atoms with E-state index in [2.05, 4.69) is 10.3 Å². The van der Waals surface area contributed by atoms with E-state index in [9.17, 15) is 32.3 Å². The van der Waals surface area contributed by atoms with Gasteiger partial charge in [0.1, 0.15) is 11.0 Å². The molecule has 0 aliphatic carbocycles. The van der Waals surface area contributed by atoms with Crippen molar-refractivity contribution < 1.29 is 32.3 Å². The van der Waals surface area contributed by atoms with Gasteiger partial charge in [-0.15, -0.1) is 0 Å². The maximum atomic E-state index is 14.0. The lowest BCUT2D eigenvalue weighted by molar-refractivity contribution is -0.137. The van der Waals surface area contributed by atoms with Crippen LogP contribution in [0, 0.1) is 12.8 Å². The molecule has 3 atom stereocenters. The van der Waals surface area contributed by atoms with E-state index in [0.29, 0.717) is 21.2 Å². The zero-order valence-electron chi connectivity index (χ0n) is 22.6. The van der Waals surface area contributed by atoms with Crippen molar-refractivity contribution >= 4 is 63.8 Å². The fourth-order valence-corrected chi connectivity index (χ4v) is 8.07. The summed E-state index contributed by atoms with van der Waals surface area (Å²) in [6.07, 6.45) is -4.69. The Bertz CT molecular complexity index is 1870. The van der Waals surface area contributed by atoms with E-state index < -0.39 is 58.0 Å². The number of benzene rings is 3. The van der Waals surface area contributed by atoms with E-state index in [0.717, 1.165) is 51.8 Å². The number of ether oxygens (including phenoxy) is 1. The molecule has 6 rings (SSSR count). The number of carbonyl (C=O) groups is 3. The first-order chi connectivity index (χ1) is 20.9. The van der Waals surface area contributed by atoms with E-state index in [-0.39, 0.29) is 16.5 Å². The van der Waals surface area contributed by atoms with E-state index in [1.807, 2.05) is 13.0 Å². The van der Waals surface area contributed by atoms with Crippen LogP contribution in [0.3, 0.4) is 0 Å². The second kappa shape index (κ2) is 11.5. The molecular formula is C30H21ClF3N3O5S2. The second-order valence-electron chi connectivity index (χ2n) is 10.2. The maximum absolute atomic E-state index is 14.0. The van der Waals surface area contributed by atoms with Gasteiger partial charge in [0.05, 0.1) is 22.2 Å². The molecular weight excluding hydrogens is 639 g/mol. The van der Waals surface area contributed by atoms with Crippen LogP contribution >= 0.6 is 34.7 Å². The molecule has 0 saturated carbocycles. The van der Waals surface area contributed by atoms with Crippen LogP contribution in [0.15, 0.2) is 76.6 Å². The predicted molar refractivity (Wildman–Crippen MR) is 161 cm³/mol. The number of alkyl halides is 3. The number of aromatic amines is 1. The zero-order valence-corrected chi connectivity index (χ0v) is 25.0. The fourth-order valence-electron chi connectivity index (χ4n) is 5.38. The summed E-state index contributed by atoms with van der Waals surface area (Å²) < 4.78 is 46.3. The van der Waals surface area contributed by atoms with Gasteiger partial charge in [-0.1, -0.05) is 52.9 Å². The first-order valence-corrected chi connectivity index (χ1v) is 15.2. The predicted octanol–water partition coefficient (Wildman–Crippen LogP) is 6.23. The number of anilines is 2. The number of H-pyrrole nitrogens is 1. The van der Waals surface area contributed by atoms with Crippen LogP contribution in [0.2, 0.25) is 5.02 Å². The number of rotatable bonds is 6. The van der Waals surface area contributed by atoms with Crippen molar-refractivity contribution in [3.05, 3.63) is 103 Å². The van der Waals surface area contributed by atoms with Crippen LogP contribution in [-0.4, -0.2) is 34.6 Å². The number of aryl methyl sites for hydroxylation is 1. The minimum atomic E-state index is -4.69. The number of thiazole rings is 1. The van der Waals surface area contributed by atoms with Crippen LogP contribution in [-0.2, 0) is 20.6 Å². The number of carbonyl (C=O) groups excluding carboxylic acids is 3. The van der Waals surface area contributed by atoms with E-state index in [4.69, 9.17) is 16.3 Å². The molecule has 2 N–H and O–H groups in total. The van der Waals surface area contributed by atoms with Gasteiger partial charge in [-0.2, -0.15) is 13.2 Å². The molecule has 1 saturated heterocycles. The molecule has 226 valence electrons. The normalized spacial score (nSPS) is 19.5. The molecule has 1 aromatic heterocycles. The monoisotopic (exact) mass is 659 g/mol. The number of fused-ring (bicyclic) bond motifs is 2. The molecule has 1 fully saturated rings. The van der Waals surface area contributed by atoms with Crippen LogP contribution < -0.4 is 19.8 Å². The van der Waals surface area contributed by atoms with Gasteiger partial charge in [-0.25, -0.2) is 4.90 Å². The van der Waals surface area contributed by atoms with Gasteiger partial charge in [-0.3, -0.25) is 19.2 Å². The van der Waals surface area contributed by atoms with Crippen molar-refractivity contribution in [1.82, 2.24) is 4.98 Å². The molecule has 44 heavy (non-hydrogen) atoms. The molecule has 0 radical (unpaired) electrons. The minimum Gasteiger partial charge on any atom is -0.483 e. The molecule has 0 spiro atoms. The smallest absolute Gasteiger partial charge is 0.416 e. The number of hydrogen-bond acceptors (Lipinski definition) is 7. The van der Waals surface area contributed by atoms with Gasteiger partial charge in [0.2, 0.25) is 11.8 Å². The molecule has 4 aromatic rings. The van der Waals surface area contributed by atoms with Gasteiger partial charge in [0.15, 0.2) is 6.61 Å². The molecule has 8 nitrogen and oxygen atoms in total. The van der Waals surface area contributed by atoms with Gasteiger partial charge in [-0.05, 0) is 61.0 Å². The van der Waals surface area contributed by atoms with Crippen molar-refractivity contribution in [2.45, 2.75) is 29.3 Å². The number of thioether (sulfide) groups is 1. The third-order valence-corrected chi connectivity index (χ3v) is 9.86. The van der Waals surface area contributed by atoms with E-state index >= 15 is 0 Å². The van der Waals surface area contributed by atoms with Gasteiger partial charge < -0.3 is 15.0 Å². The van der Waals surface area contributed by atoms with Crippen LogP contribution in [0.25, 0.3) is 0 Å². The lowest BCUT2D eigenvalue weighted by Crippen LogP contribution is -2.32. The summed E-state index contributed by atoms with van der Waals surface area (Å²) in [4.78, 5) is 56.4. The summed E-state index contributed by atoms with van der Waals surface area (Å²) in [7, 11) is 0.